The van der Waals surface area contributed by atoms with Gasteiger partial charge in [-0.25, -0.2) is 0 Å². The highest BCUT2D eigenvalue weighted by atomic mass is 16.5. The molecule has 6 nitrogen and oxygen atoms in total. The molecule has 0 aromatic heterocycles. The van der Waals surface area contributed by atoms with Gasteiger partial charge in [0.2, 0.25) is 5.91 Å². The van der Waals surface area contributed by atoms with Crippen molar-refractivity contribution in [2.75, 3.05) is 13.2 Å². The summed E-state index contributed by atoms with van der Waals surface area (Å²) >= 11 is 0. The number of aliphatic hydroxyl groups is 2. The minimum atomic E-state index is -0.841. The van der Waals surface area contributed by atoms with Crippen LogP contribution in [0, 0.1) is 0 Å². The molecule has 0 saturated carbocycles. The number of hydrogen-bond acceptors (Lipinski definition) is 5. The zero-order valence-corrected chi connectivity index (χ0v) is 54.3. The Morgan fingerprint density at radius 3 is 0.887 bits per heavy atom. The second-order valence-electron chi connectivity index (χ2n) is 25.3. The van der Waals surface area contributed by atoms with E-state index in [0.717, 1.165) is 38.5 Å². The predicted molar refractivity (Wildman–Crippen MR) is 352 cm³/mol. The van der Waals surface area contributed by atoms with Crippen LogP contribution in [-0.2, 0) is 14.3 Å². The quantitative estimate of drug-likeness (QED) is 0.0320. The molecule has 0 aliphatic rings. The van der Waals surface area contributed by atoms with E-state index in [4.69, 9.17) is 4.74 Å². The number of carbonyl (C=O) groups excluding carboxylic acids is 2. The highest BCUT2D eigenvalue weighted by Gasteiger charge is 2.18. The van der Waals surface area contributed by atoms with E-state index in [0.29, 0.717) is 19.4 Å². The molecule has 0 fully saturated rings. The summed E-state index contributed by atoms with van der Waals surface area (Å²) < 4.78 is 5.48. The number of aliphatic hydroxyl groups excluding tert-OH is 2. The lowest BCUT2D eigenvalue weighted by atomic mass is 10.0. The second kappa shape index (κ2) is 69.8. The third-order valence-corrected chi connectivity index (χ3v) is 17.2. The molecule has 2 atom stereocenters. The molecule has 0 heterocycles. The first-order valence-electron chi connectivity index (χ1n) is 36.6. The summed E-state index contributed by atoms with van der Waals surface area (Å²) in [6.07, 6.45) is 88.6. The summed E-state index contributed by atoms with van der Waals surface area (Å²) in [6.45, 7) is 4.94. The lowest BCUT2D eigenvalue weighted by molar-refractivity contribution is -0.143. The third kappa shape index (κ3) is 65.5. The van der Waals surface area contributed by atoms with Crippen LogP contribution in [0.1, 0.15) is 412 Å². The Balaban J connectivity index is 3.34. The maximum Gasteiger partial charge on any atom is 0.305 e. The Hall–Kier alpha value is -1.66. The standard InChI is InChI=1S/C74H143NO5/c1-3-5-7-9-11-13-15-16-40-43-47-50-54-58-62-66-72(77)71(70-76)75-73(78)67-63-59-55-51-48-44-41-38-36-34-32-30-28-26-24-22-20-18-17-19-21-23-25-27-29-31-33-35-37-39-42-45-49-53-57-61-65-69-80-74(79)68-64-60-56-52-46-14-12-10-8-6-4-2/h17,19,62,66,71-72,76-77H,3-16,18,20-61,63-65,67-70H2,1-2H3,(H,75,78)/b19-17-,66-62+. The van der Waals surface area contributed by atoms with Crippen molar-refractivity contribution in [1.29, 1.82) is 0 Å². The molecule has 474 valence electrons. The fraction of sp³-hybridized carbons (Fsp3) is 0.919. The van der Waals surface area contributed by atoms with Crippen LogP contribution in [-0.4, -0.2) is 47.4 Å². The number of carbonyl (C=O) groups is 2. The van der Waals surface area contributed by atoms with Gasteiger partial charge >= 0.3 is 5.97 Å². The normalized spacial score (nSPS) is 12.6. The van der Waals surface area contributed by atoms with Gasteiger partial charge < -0.3 is 20.3 Å². The zero-order chi connectivity index (χ0) is 57.8. The molecule has 0 saturated heterocycles. The molecule has 0 spiro atoms. The molecular weight excluding hydrogens is 983 g/mol. The van der Waals surface area contributed by atoms with Crippen molar-refractivity contribution < 1.29 is 24.5 Å². The molecule has 0 rings (SSSR count). The maximum atomic E-state index is 12.5. The van der Waals surface area contributed by atoms with Crippen LogP contribution < -0.4 is 5.32 Å². The Morgan fingerprint density at radius 2 is 0.588 bits per heavy atom. The summed E-state index contributed by atoms with van der Waals surface area (Å²) in [4.78, 5) is 24.5. The Bertz CT molecular complexity index is 1250. The molecule has 0 aromatic carbocycles. The van der Waals surface area contributed by atoms with Crippen molar-refractivity contribution in [2.24, 2.45) is 0 Å². The van der Waals surface area contributed by atoms with Gasteiger partial charge in [0.05, 0.1) is 25.4 Å². The molecule has 0 aromatic rings. The van der Waals surface area contributed by atoms with Gasteiger partial charge in [0.1, 0.15) is 0 Å². The largest absolute Gasteiger partial charge is 0.466 e. The summed E-state index contributed by atoms with van der Waals surface area (Å²) in [6, 6.07) is -0.624. The number of unbranched alkanes of at least 4 members (excludes halogenated alkanes) is 56. The lowest BCUT2D eigenvalue weighted by Crippen LogP contribution is -2.45. The van der Waals surface area contributed by atoms with Crippen LogP contribution in [0.4, 0.5) is 0 Å². The van der Waals surface area contributed by atoms with Gasteiger partial charge in [-0.2, -0.15) is 0 Å². The fourth-order valence-corrected chi connectivity index (χ4v) is 11.6. The molecule has 1 amide bonds. The Labute approximate surface area is 501 Å². The third-order valence-electron chi connectivity index (χ3n) is 17.2. The summed E-state index contributed by atoms with van der Waals surface area (Å²) in [5.41, 5.74) is 0. The monoisotopic (exact) mass is 1130 g/mol. The van der Waals surface area contributed by atoms with Crippen molar-refractivity contribution in [3.63, 3.8) is 0 Å². The van der Waals surface area contributed by atoms with Gasteiger partial charge in [-0.05, 0) is 57.8 Å². The fourth-order valence-electron chi connectivity index (χ4n) is 11.6. The van der Waals surface area contributed by atoms with E-state index in [2.05, 4.69) is 31.3 Å². The van der Waals surface area contributed by atoms with Gasteiger partial charge in [0.15, 0.2) is 0 Å². The number of nitrogens with one attached hydrogen (secondary N) is 1. The number of ether oxygens (including phenoxy) is 1. The highest BCUT2D eigenvalue weighted by molar-refractivity contribution is 5.76. The number of allylic oxidation sites excluding steroid dienone is 3. The number of esters is 1. The van der Waals surface area contributed by atoms with Crippen molar-refractivity contribution in [1.82, 2.24) is 5.32 Å². The van der Waals surface area contributed by atoms with E-state index in [-0.39, 0.29) is 18.5 Å². The minimum Gasteiger partial charge on any atom is -0.466 e. The highest BCUT2D eigenvalue weighted by Crippen LogP contribution is 2.19. The van der Waals surface area contributed by atoms with Gasteiger partial charge in [-0.3, -0.25) is 9.59 Å². The van der Waals surface area contributed by atoms with E-state index in [9.17, 15) is 19.8 Å². The molecule has 0 aliphatic carbocycles. The van der Waals surface area contributed by atoms with Crippen molar-refractivity contribution in [3.05, 3.63) is 24.3 Å². The lowest BCUT2D eigenvalue weighted by Gasteiger charge is -2.20. The van der Waals surface area contributed by atoms with Gasteiger partial charge in [0, 0.05) is 12.8 Å². The van der Waals surface area contributed by atoms with Crippen LogP contribution in [0.25, 0.3) is 0 Å². The zero-order valence-electron chi connectivity index (χ0n) is 54.3. The van der Waals surface area contributed by atoms with Crippen LogP contribution in [0.3, 0.4) is 0 Å². The molecule has 0 aliphatic heterocycles. The first kappa shape index (κ1) is 78.3. The van der Waals surface area contributed by atoms with E-state index in [1.807, 2.05) is 6.08 Å². The van der Waals surface area contributed by atoms with E-state index in [1.54, 1.807) is 6.08 Å². The van der Waals surface area contributed by atoms with E-state index < -0.39 is 12.1 Å². The SMILES string of the molecule is CCCCCCCCCCCCCCC/C=C/C(O)C(CO)NC(=O)CCCCCCCCCCCCCCCCCCC/C=C\CCCCCCCCCCCCCCCCCCOC(=O)CCCCCCCCCCCCC. The molecular formula is C74H143NO5. The number of rotatable bonds is 69. The molecule has 80 heavy (non-hydrogen) atoms. The van der Waals surface area contributed by atoms with Crippen molar-refractivity contribution in [3.8, 4) is 0 Å². The molecule has 2 unspecified atom stereocenters. The number of hydrogen-bond donors (Lipinski definition) is 3. The molecule has 6 heteroatoms. The second-order valence-corrected chi connectivity index (χ2v) is 25.3. The van der Waals surface area contributed by atoms with Crippen LogP contribution in [0.5, 0.6) is 0 Å². The Morgan fingerprint density at radius 1 is 0.338 bits per heavy atom. The van der Waals surface area contributed by atoms with Crippen LogP contribution in [0.2, 0.25) is 0 Å². The molecule has 3 N–H and O–H groups in total. The van der Waals surface area contributed by atoms with E-state index >= 15 is 0 Å². The van der Waals surface area contributed by atoms with Gasteiger partial charge in [-0.15, -0.1) is 0 Å². The summed E-state index contributed by atoms with van der Waals surface area (Å²) in [7, 11) is 0. The Kier molecular flexibility index (Phi) is 68.4. The van der Waals surface area contributed by atoms with Crippen LogP contribution in [0.15, 0.2) is 24.3 Å². The summed E-state index contributed by atoms with van der Waals surface area (Å²) in [5.74, 6) is -0.0398. The van der Waals surface area contributed by atoms with Crippen molar-refractivity contribution >= 4 is 11.9 Å². The molecule has 0 radical (unpaired) electrons. The van der Waals surface area contributed by atoms with Crippen LogP contribution >= 0.6 is 0 Å². The first-order chi connectivity index (χ1) is 39.5. The van der Waals surface area contributed by atoms with Gasteiger partial charge in [0.25, 0.3) is 0 Å². The maximum absolute atomic E-state index is 12.5. The topological polar surface area (TPSA) is 95.9 Å². The van der Waals surface area contributed by atoms with Crippen molar-refractivity contribution in [2.45, 2.75) is 424 Å². The van der Waals surface area contributed by atoms with E-state index in [1.165, 1.54) is 347 Å². The number of amides is 1. The molecule has 0 bridgehead atoms. The first-order valence-corrected chi connectivity index (χ1v) is 36.6. The minimum absolute atomic E-state index is 0.0215. The summed E-state index contributed by atoms with van der Waals surface area (Å²) in [5, 5.41) is 23.2. The average Bonchev–Trinajstić information content (AvgIpc) is 3.46. The smallest absolute Gasteiger partial charge is 0.305 e. The van der Waals surface area contributed by atoms with Gasteiger partial charge in [-0.1, -0.05) is 366 Å². The predicted octanol–water partition coefficient (Wildman–Crippen LogP) is 23.7. The average molecular weight is 1130 g/mol.